The van der Waals surface area contributed by atoms with E-state index in [2.05, 4.69) is 0 Å². The smallest absolute Gasteiger partial charge is 0.339 e. The fourth-order valence-corrected chi connectivity index (χ4v) is 1.29. The molecule has 1 aromatic rings. The second-order valence-corrected chi connectivity index (χ2v) is 3.01. The highest BCUT2D eigenvalue weighted by atomic mass is 16.4. The summed E-state index contributed by atoms with van der Waals surface area (Å²) in [5, 5.41) is 27.6. The highest BCUT2D eigenvalue weighted by Gasteiger charge is 2.15. The van der Waals surface area contributed by atoms with E-state index in [-0.39, 0.29) is 17.1 Å². The molecule has 0 aliphatic heterocycles. The first-order valence-electron chi connectivity index (χ1n) is 4.35. The van der Waals surface area contributed by atoms with E-state index in [9.17, 15) is 15.0 Å². The van der Waals surface area contributed by atoms with Gasteiger partial charge in [0.1, 0.15) is 17.1 Å². The minimum absolute atomic E-state index is 0.0608. The Hall–Kier alpha value is -1.71. The Morgan fingerprint density at radius 1 is 1.36 bits per heavy atom. The Kier molecular flexibility index (Phi) is 2.96. The highest BCUT2D eigenvalue weighted by molar-refractivity contribution is 5.91. The summed E-state index contributed by atoms with van der Waals surface area (Å²) < 4.78 is 0. The maximum atomic E-state index is 10.6. The van der Waals surface area contributed by atoms with Crippen molar-refractivity contribution in [2.24, 2.45) is 0 Å². The molecular formula is C10H12O4. The lowest BCUT2D eigenvalue weighted by Gasteiger charge is -2.08. The van der Waals surface area contributed by atoms with Crippen LogP contribution in [-0.2, 0) is 6.42 Å². The molecule has 0 aliphatic carbocycles. The van der Waals surface area contributed by atoms with Crippen molar-refractivity contribution in [3.8, 4) is 11.5 Å². The van der Waals surface area contributed by atoms with Crippen LogP contribution in [0.2, 0.25) is 0 Å². The molecule has 0 radical (unpaired) electrons. The van der Waals surface area contributed by atoms with E-state index < -0.39 is 5.97 Å². The van der Waals surface area contributed by atoms with E-state index in [0.717, 1.165) is 6.42 Å². The topological polar surface area (TPSA) is 77.8 Å². The van der Waals surface area contributed by atoms with Gasteiger partial charge in [0.25, 0.3) is 0 Å². The molecule has 0 atom stereocenters. The second-order valence-electron chi connectivity index (χ2n) is 3.01. The van der Waals surface area contributed by atoms with Crippen LogP contribution in [0.1, 0.15) is 29.3 Å². The van der Waals surface area contributed by atoms with Gasteiger partial charge in [0.15, 0.2) is 0 Å². The SMILES string of the molecule is CCCc1c(O)ccc(C(=O)O)c1O. The zero-order valence-electron chi connectivity index (χ0n) is 7.82. The van der Waals surface area contributed by atoms with Crippen molar-refractivity contribution >= 4 is 5.97 Å². The molecule has 0 saturated carbocycles. The minimum atomic E-state index is -1.19. The Bertz CT molecular complexity index is 357. The van der Waals surface area contributed by atoms with Crippen LogP contribution in [0.4, 0.5) is 0 Å². The van der Waals surface area contributed by atoms with Gasteiger partial charge in [-0.05, 0) is 18.6 Å². The zero-order valence-corrected chi connectivity index (χ0v) is 7.82. The number of carbonyl (C=O) groups is 1. The summed E-state index contributed by atoms with van der Waals surface area (Å²) in [5.41, 5.74) is 0.124. The van der Waals surface area contributed by atoms with Crippen LogP contribution in [-0.4, -0.2) is 21.3 Å². The van der Waals surface area contributed by atoms with Gasteiger partial charge in [0.2, 0.25) is 0 Å². The van der Waals surface area contributed by atoms with Crippen LogP contribution in [0.15, 0.2) is 12.1 Å². The van der Waals surface area contributed by atoms with Gasteiger partial charge in [-0.3, -0.25) is 0 Å². The number of carboxylic acid groups (broad SMARTS) is 1. The Morgan fingerprint density at radius 3 is 2.50 bits per heavy atom. The van der Waals surface area contributed by atoms with Crippen LogP contribution in [0.25, 0.3) is 0 Å². The summed E-state index contributed by atoms with van der Waals surface area (Å²) in [6, 6.07) is 2.47. The van der Waals surface area contributed by atoms with Gasteiger partial charge in [-0.2, -0.15) is 0 Å². The lowest BCUT2D eigenvalue weighted by molar-refractivity contribution is 0.0693. The molecule has 14 heavy (non-hydrogen) atoms. The van der Waals surface area contributed by atoms with E-state index in [4.69, 9.17) is 5.11 Å². The lowest BCUT2D eigenvalue weighted by atomic mass is 10.0. The summed E-state index contributed by atoms with van der Waals surface area (Å²) >= 11 is 0. The van der Waals surface area contributed by atoms with Crippen molar-refractivity contribution in [2.45, 2.75) is 19.8 Å². The van der Waals surface area contributed by atoms with Crippen LogP contribution >= 0.6 is 0 Å². The highest BCUT2D eigenvalue weighted by Crippen LogP contribution is 2.31. The van der Waals surface area contributed by atoms with Gasteiger partial charge in [-0.25, -0.2) is 4.79 Å². The Morgan fingerprint density at radius 2 is 2.00 bits per heavy atom. The Balaban J connectivity index is 3.26. The molecule has 0 bridgehead atoms. The molecule has 4 nitrogen and oxygen atoms in total. The number of hydrogen-bond donors (Lipinski definition) is 3. The normalized spacial score (nSPS) is 10.1. The van der Waals surface area contributed by atoms with Crippen molar-refractivity contribution < 1.29 is 20.1 Å². The molecule has 0 unspecified atom stereocenters. The molecule has 76 valence electrons. The molecule has 0 aliphatic rings. The number of hydrogen-bond acceptors (Lipinski definition) is 3. The third kappa shape index (κ3) is 1.79. The first kappa shape index (κ1) is 10.4. The van der Waals surface area contributed by atoms with Gasteiger partial charge >= 0.3 is 5.97 Å². The lowest BCUT2D eigenvalue weighted by Crippen LogP contribution is -1.99. The molecule has 0 heterocycles. The monoisotopic (exact) mass is 196 g/mol. The molecule has 0 aromatic heterocycles. The summed E-state index contributed by atoms with van der Waals surface area (Å²) in [6.07, 6.45) is 1.18. The maximum absolute atomic E-state index is 10.6. The predicted molar refractivity (Wildman–Crippen MR) is 50.7 cm³/mol. The average Bonchev–Trinajstić information content (AvgIpc) is 2.11. The summed E-state index contributed by atoms with van der Waals surface area (Å²) in [6.45, 7) is 1.88. The molecule has 4 heteroatoms. The van der Waals surface area contributed by atoms with Crippen LogP contribution in [0.3, 0.4) is 0 Å². The number of aromatic hydroxyl groups is 2. The van der Waals surface area contributed by atoms with Crippen LogP contribution in [0.5, 0.6) is 11.5 Å². The summed E-state index contributed by atoms with van der Waals surface area (Å²) in [5.74, 6) is -1.59. The molecule has 1 aromatic carbocycles. The number of benzene rings is 1. The first-order valence-corrected chi connectivity index (χ1v) is 4.35. The Labute approximate surface area is 81.4 Å². The molecule has 1 rings (SSSR count). The number of aromatic carboxylic acids is 1. The molecule has 0 saturated heterocycles. The van der Waals surface area contributed by atoms with E-state index in [1.54, 1.807) is 0 Å². The minimum Gasteiger partial charge on any atom is -0.508 e. The summed E-state index contributed by atoms with van der Waals surface area (Å²) in [4.78, 5) is 10.6. The number of carboxylic acids is 1. The molecule has 0 spiro atoms. The third-order valence-corrected chi connectivity index (χ3v) is 1.99. The zero-order chi connectivity index (χ0) is 10.7. The fourth-order valence-electron chi connectivity index (χ4n) is 1.29. The van der Waals surface area contributed by atoms with Crippen molar-refractivity contribution in [1.82, 2.24) is 0 Å². The molecule has 0 fully saturated rings. The molecule has 3 N–H and O–H groups in total. The number of rotatable bonds is 3. The molecule has 0 amide bonds. The van der Waals surface area contributed by atoms with E-state index >= 15 is 0 Å². The van der Waals surface area contributed by atoms with Gasteiger partial charge in [-0.1, -0.05) is 13.3 Å². The fraction of sp³-hybridized carbons (Fsp3) is 0.300. The van der Waals surface area contributed by atoms with Crippen molar-refractivity contribution in [3.05, 3.63) is 23.3 Å². The standard InChI is InChI=1S/C10H12O4/c1-2-3-6-8(11)5-4-7(9(6)12)10(13)14/h4-5,11-12H,2-3H2,1H3,(H,13,14). The van der Waals surface area contributed by atoms with Gasteiger partial charge < -0.3 is 15.3 Å². The largest absolute Gasteiger partial charge is 0.508 e. The number of phenolic OH excluding ortho intramolecular Hbond substituents is 1. The van der Waals surface area contributed by atoms with Crippen molar-refractivity contribution in [2.75, 3.05) is 0 Å². The van der Waals surface area contributed by atoms with E-state index in [0.29, 0.717) is 12.0 Å². The van der Waals surface area contributed by atoms with Crippen LogP contribution in [0, 0.1) is 0 Å². The van der Waals surface area contributed by atoms with E-state index in [1.165, 1.54) is 12.1 Å². The second kappa shape index (κ2) is 4.00. The van der Waals surface area contributed by atoms with Crippen molar-refractivity contribution in [1.29, 1.82) is 0 Å². The first-order chi connectivity index (χ1) is 6.57. The van der Waals surface area contributed by atoms with Crippen molar-refractivity contribution in [3.63, 3.8) is 0 Å². The van der Waals surface area contributed by atoms with Crippen LogP contribution < -0.4 is 0 Å². The summed E-state index contributed by atoms with van der Waals surface area (Å²) in [7, 11) is 0. The third-order valence-electron chi connectivity index (χ3n) is 1.99. The van der Waals surface area contributed by atoms with Gasteiger partial charge in [-0.15, -0.1) is 0 Å². The van der Waals surface area contributed by atoms with Gasteiger partial charge in [0, 0.05) is 5.56 Å². The predicted octanol–water partition coefficient (Wildman–Crippen LogP) is 1.75. The maximum Gasteiger partial charge on any atom is 0.339 e. The molecular weight excluding hydrogens is 184 g/mol. The van der Waals surface area contributed by atoms with E-state index in [1.807, 2.05) is 6.92 Å². The quantitative estimate of drug-likeness (QED) is 0.688. The van der Waals surface area contributed by atoms with Gasteiger partial charge in [0.05, 0.1) is 0 Å². The average molecular weight is 196 g/mol. The number of phenols is 2.